The maximum absolute atomic E-state index is 5.44. The van der Waals surface area contributed by atoms with Gasteiger partial charge >= 0.3 is 0 Å². The van der Waals surface area contributed by atoms with Crippen LogP contribution in [0.1, 0.15) is 19.5 Å². The van der Waals surface area contributed by atoms with E-state index >= 15 is 0 Å². The van der Waals surface area contributed by atoms with E-state index in [4.69, 9.17) is 4.74 Å². The average Bonchev–Trinajstić information content (AvgIpc) is 2.60. The first kappa shape index (κ1) is 11.7. The summed E-state index contributed by atoms with van der Waals surface area (Å²) < 4.78 is 7.24. The zero-order valence-electron chi connectivity index (χ0n) is 8.61. The lowest BCUT2D eigenvalue weighted by Crippen LogP contribution is -2.09. The van der Waals surface area contributed by atoms with Gasteiger partial charge in [0.15, 0.2) is 0 Å². The SMILES string of the molecule is CC(C)COCCn1cc(CBr)nn1. The van der Waals surface area contributed by atoms with Gasteiger partial charge in [-0.1, -0.05) is 35.0 Å². The van der Waals surface area contributed by atoms with Crippen LogP contribution in [0.15, 0.2) is 6.20 Å². The van der Waals surface area contributed by atoms with Crippen LogP contribution in [0.4, 0.5) is 0 Å². The first-order valence-corrected chi connectivity index (χ1v) is 5.87. The molecule has 0 aliphatic rings. The van der Waals surface area contributed by atoms with Crippen LogP contribution in [-0.4, -0.2) is 28.2 Å². The van der Waals surface area contributed by atoms with Crippen molar-refractivity contribution in [3.05, 3.63) is 11.9 Å². The lowest BCUT2D eigenvalue weighted by molar-refractivity contribution is 0.101. The van der Waals surface area contributed by atoms with Crippen LogP contribution in [0.25, 0.3) is 0 Å². The van der Waals surface area contributed by atoms with Crippen molar-refractivity contribution in [2.24, 2.45) is 5.92 Å². The Hall–Kier alpha value is -0.420. The van der Waals surface area contributed by atoms with Gasteiger partial charge in [-0.2, -0.15) is 0 Å². The summed E-state index contributed by atoms with van der Waals surface area (Å²) >= 11 is 3.32. The van der Waals surface area contributed by atoms with Crippen LogP contribution >= 0.6 is 15.9 Å². The van der Waals surface area contributed by atoms with Crippen LogP contribution in [0, 0.1) is 5.92 Å². The van der Waals surface area contributed by atoms with E-state index in [0.717, 1.165) is 24.2 Å². The third-order valence-electron chi connectivity index (χ3n) is 1.64. The molecule has 0 spiro atoms. The maximum Gasteiger partial charge on any atom is 0.0932 e. The van der Waals surface area contributed by atoms with Crippen molar-refractivity contribution < 1.29 is 4.74 Å². The Balaban J connectivity index is 2.18. The van der Waals surface area contributed by atoms with E-state index < -0.39 is 0 Å². The molecule has 0 fully saturated rings. The van der Waals surface area contributed by atoms with E-state index in [1.165, 1.54) is 0 Å². The summed E-state index contributed by atoms with van der Waals surface area (Å²) in [4.78, 5) is 0. The zero-order chi connectivity index (χ0) is 10.4. The van der Waals surface area contributed by atoms with E-state index in [9.17, 15) is 0 Å². The van der Waals surface area contributed by atoms with Crippen LogP contribution in [-0.2, 0) is 16.6 Å². The summed E-state index contributed by atoms with van der Waals surface area (Å²) in [5.74, 6) is 0.587. The standard InChI is InChI=1S/C9H16BrN3O/c1-8(2)7-14-4-3-13-6-9(5-10)11-12-13/h6,8H,3-5,7H2,1-2H3. The monoisotopic (exact) mass is 261 g/mol. The molecule has 1 rings (SSSR count). The first-order chi connectivity index (χ1) is 6.72. The number of nitrogens with zero attached hydrogens (tertiary/aromatic N) is 3. The third kappa shape index (κ3) is 4.19. The van der Waals surface area contributed by atoms with Gasteiger partial charge in [-0.15, -0.1) is 5.10 Å². The number of ether oxygens (including phenoxy) is 1. The number of hydrogen-bond donors (Lipinski definition) is 0. The summed E-state index contributed by atoms with van der Waals surface area (Å²) in [5.41, 5.74) is 0.953. The Labute approximate surface area is 92.8 Å². The van der Waals surface area contributed by atoms with Gasteiger partial charge in [0.1, 0.15) is 0 Å². The van der Waals surface area contributed by atoms with Gasteiger partial charge in [-0.3, -0.25) is 0 Å². The highest BCUT2D eigenvalue weighted by molar-refractivity contribution is 9.08. The Bertz CT molecular complexity index is 262. The molecule has 0 saturated heterocycles. The van der Waals surface area contributed by atoms with Crippen molar-refractivity contribution in [1.82, 2.24) is 15.0 Å². The molecule has 5 heteroatoms. The highest BCUT2D eigenvalue weighted by Crippen LogP contribution is 1.99. The van der Waals surface area contributed by atoms with E-state index in [-0.39, 0.29) is 0 Å². The number of halogens is 1. The topological polar surface area (TPSA) is 39.9 Å². The number of hydrogen-bond acceptors (Lipinski definition) is 3. The minimum Gasteiger partial charge on any atom is -0.379 e. The average molecular weight is 262 g/mol. The summed E-state index contributed by atoms with van der Waals surface area (Å²) in [6, 6.07) is 0. The molecule has 0 atom stereocenters. The molecule has 0 N–H and O–H groups in total. The van der Waals surface area contributed by atoms with Gasteiger partial charge in [0.25, 0.3) is 0 Å². The summed E-state index contributed by atoms with van der Waals surface area (Å²) in [6.45, 7) is 6.55. The molecule has 0 aliphatic carbocycles. The van der Waals surface area contributed by atoms with E-state index in [2.05, 4.69) is 40.1 Å². The molecular weight excluding hydrogens is 246 g/mol. The highest BCUT2D eigenvalue weighted by atomic mass is 79.9. The fraction of sp³-hybridized carbons (Fsp3) is 0.778. The van der Waals surface area contributed by atoms with Crippen molar-refractivity contribution in [3.63, 3.8) is 0 Å². The third-order valence-corrected chi connectivity index (χ3v) is 2.21. The maximum atomic E-state index is 5.44. The molecule has 0 bridgehead atoms. The molecule has 1 aromatic heterocycles. The molecule has 0 aliphatic heterocycles. The second-order valence-corrected chi connectivity index (χ2v) is 4.14. The Kier molecular flexibility index (Phi) is 5.11. The van der Waals surface area contributed by atoms with Gasteiger partial charge in [0.2, 0.25) is 0 Å². The molecule has 80 valence electrons. The van der Waals surface area contributed by atoms with Crippen molar-refractivity contribution in [2.75, 3.05) is 13.2 Å². The fourth-order valence-electron chi connectivity index (χ4n) is 0.986. The van der Waals surface area contributed by atoms with Crippen LogP contribution < -0.4 is 0 Å². The summed E-state index contributed by atoms with van der Waals surface area (Å²) in [7, 11) is 0. The number of rotatable bonds is 6. The van der Waals surface area contributed by atoms with Gasteiger partial charge in [0.05, 0.1) is 18.8 Å². The Morgan fingerprint density at radius 2 is 2.36 bits per heavy atom. The van der Waals surface area contributed by atoms with E-state index in [1.807, 2.05) is 6.20 Å². The molecule has 1 heterocycles. The Morgan fingerprint density at radius 1 is 1.57 bits per heavy atom. The smallest absolute Gasteiger partial charge is 0.0932 e. The predicted octanol–water partition coefficient (Wildman–Crippen LogP) is 1.85. The molecule has 0 radical (unpaired) electrons. The van der Waals surface area contributed by atoms with Gasteiger partial charge < -0.3 is 4.74 Å². The summed E-state index contributed by atoms with van der Waals surface area (Å²) in [5, 5.41) is 8.67. The number of alkyl halides is 1. The summed E-state index contributed by atoms with van der Waals surface area (Å²) in [6.07, 6.45) is 1.92. The lowest BCUT2D eigenvalue weighted by Gasteiger charge is -2.05. The van der Waals surface area contributed by atoms with Crippen LogP contribution in [0.5, 0.6) is 0 Å². The van der Waals surface area contributed by atoms with Crippen LogP contribution in [0.2, 0.25) is 0 Å². The fourth-order valence-corrected chi connectivity index (χ4v) is 1.24. The first-order valence-electron chi connectivity index (χ1n) is 4.75. The molecule has 1 aromatic rings. The quantitative estimate of drug-likeness (QED) is 0.580. The number of aromatic nitrogens is 3. The van der Waals surface area contributed by atoms with E-state index in [0.29, 0.717) is 12.5 Å². The molecule has 14 heavy (non-hydrogen) atoms. The molecule has 0 unspecified atom stereocenters. The van der Waals surface area contributed by atoms with Gasteiger partial charge in [0, 0.05) is 18.1 Å². The minimum absolute atomic E-state index is 0.587. The predicted molar refractivity (Wildman–Crippen MR) is 58.3 cm³/mol. The van der Waals surface area contributed by atoms with E-state index in [1.54, 1.807) is 4.68 Å². The molecular formula is C9H16BrN3O. The van der Waals surface area contributed by atoms with Crippen molar-refractivity contribution in [2.45, 2.75) is 25.7 Å². The van der Waals surface area contributed by atoms with Gasteiger partial charge in [-0.25, -0.2) is 4.68 Å². The van der Waals surface area contributed by atoms with Gasteiger partial charge in [-0.05, 0) is 5.92 Å². The van der Waals surface area contributed by atoms with Crippen molar-refractivity contribution in [1.29, 1.82) is 0 Å². The zero-order valence-corrected chi connectivity index (χ0v) is 10.2. The lowest BCUT2D eigenvalue weighted by atomic mass is 10.2. The Morgan fingerprint density at radius 3 is 2.93 bits per heavy atom. The molecule has 0 saturated carbocycles. The largest absolute Gasteiger partial charge is 0.379 e. The van der Waals surface area contributed by atoms with Crippen molar-refractivity contribution in [3.8, 4) is 0 Å². The van der Waals surface area contributed by atoms with Crippen LogP contribution in [0.3, 0.4) is 0 Å². The minimum atomic E-state index is 0.587. The molecule has 0 aromatic carbocycles. The second kappa shape index (κ2) is 6.14. The normalized spacial score (nSPS) is 11.1. The van der Waals surface area contributed by atoms with Crippen molar-refractivity contribution >= 4 is 15.9 Å². The molecule has 4 nitrogen and oxygen atoms in total. The second-order valence-electron chi connectivity index (χ2n) is 3.58. The molecule has 0 amide bonds. The highest BCUT2D eigenvalue weighted by Gasteiger charge is 1.99.